The Morgan fingerprint density at radius 1 is 1.44 bits per heavy atom. The van der Waals surface area contributed by atoms with Crippen molar-refractivity contribution in [1.82, 2.24) is 15.1 Å². The molecule has 0 aliphatic heterocycles. The third-order valence-corrected chi connectivity index (χ3v) is 2.87. The van der Waals surface area contributed by atoms with E-state index in [1.165, 1.54) is 0 Å². The highest BCUT2D eigenvalue weighted by Gasteiger charge is 2.11. The summed E-state index contributed by atoms with van der Waals surface area (Å²) >= 11 is 8.98. The lowest BCUT2D eigenvalue weighted by Crippen LogP contribution is -1.89. The van der Waals surface area contributed by atoms with E-state index in [1.807, 2.05) is 12.1 Å². The number of hydrogen-bond acceptors (Lipinski definition) is 4. The quantitative estimate of drug-likeness (QED) is 0.815. The van der Waals surface area contributed by atoms with Gasteiger partial charge in [0.15, 0.2) is 0 Å². The smallest absolute Gasteiger partial charge is 0.227 e. The van der Waals surface area contributed by atoms with Crippen LogP contribution in [-0.2, 0) is 6.42 Å². The number of pyridine rings is 1. The highest BCUT2D eigenvalue weighted by Crippen LogP contribution is 2.22. The second kappa shape index (κ2) is 5.41. The van der Waals surface area contributed by atoms with Gasteiger partial charge in [0.05, 0.1) is 0 Å². The monoisotopic (exact) mass is 301 g/mol. The Bertz CT molecular complexity index is 475. The standard InChI is InChI=1S/C10H9BrClN3O/c11-7-3-2-6-13-9(7)10-14-8(16-15-10)4-1-5-12/h2-3,6H,1,4-5H2. The van der Waals surface area contributed by atoms with Gasteiger partial charge in [-0.05, 0) is 34.5 Å². The van der Waals surface area contributed by atoms with E-state index in [0.29, 0.717) is 29.7 Å². The number of aromatic nitrogens is 3. The molecule has 0 atom stereocenters. The van der Waals surface area contributed by atoms with Crippen molar-refractivity contribution in [3.8, 4) is 11.5 Å². The Balaban J connectivity index is 2.22. The molecule has 0 spiro atoms. The number of aryl methyl sites for hydroxylation is 1. The number of alkyl halides is 1. The van der Waals surface area contributed by atoms with Gasteiger partial charge in [-0.3, -0.25) is 4.98 Å². The summed E-state index contributed by atoms with van der Waals surface area (Å²) in [7, 11) is 0. The molecule has 0 N–H and O–H groups in total. The Morgan fingerprint density at radius 2 is 2.31 bits per heavy atom. The fourth-order valence-electron chi connectivity index (χ4n) is 1.22. The molecule has 2 aromatic heterocycles. The first kappa shape index (κ1) is 11.5. The van der Waals surface area contributed by atoms with Crippen LogP contribution in [0.15, 0.2) is 27.3 Å². The van der Waals surface area contributed by atoms with Crippen molar-refractivity contribution in [3.63, 3.8) is 0 Å². The molecular weight excluding hydrogens is 293 g/mol. The van der Waals surface area contributed by atoms with E-state index in [2.05, 4.69) is 31.1 Å². The first-order chi connectivity index (χ1) is 7.81. The minimum Gasteiger partial charge on any atom is -0.339 e. The van der Waals surface area contributed by atoms with Crippen LogP contribution in [0.1, 0.15) is 12.3 Å². The molecule has 0 unspecified atom stereocenters. The molecule has 0 saturated carbocycles. The molecule has 0 fully saturated rings. The van der Waals surface area contributed by atoms with Crippen molar-refractivity contribution in [2.45, 2.75) is 12.8 Å². The van der Waals surface area contributed by atoms with Crippen LogP contribution >= 0.6 is 27.5 Å². The highest BCUT2D eigenvalue weighted by atomic mass is 79.9. The maximum Gasteiger partial charge on any atom is 0.227 e. The van der Waals surface area contributed by atoms with E-state index >= 15 is 0 Å². The summed E-state index contributed by atoms with van der Waals surface area (Å²) in [6.45, 7) is 0. The zero-order chi connectivity index (χ0) is 11.4. The van der Waals surface area contributed by atoms with Crippen LogP contribution in [0, 0.1) is 0 Å². The predicted molar refractivity (Wildman–Crippen MR) is 64.3 cm³/mol. The van der Waals surface area contributed by atoms with Crippen molar-refractivity contribution in [2.75, 3.05) is 5.88 Å². The molecule has 16 heavy (non-hydrogen) atoms. The first-order valence-corrected chi connectivity index (χ1v) is 6.13. The Hall–Kier alpha value is -0.940. The van der Waals surface area contributed by atoms with Gasteiger partial charge < -0.3 is 4.52 Å². The van der Waals surface area contributed by atoms with Gasteiger partial charge in [0.25, 0.3) is 0 Å². The maximum absolute atomic E-state index is 5.59. The molecule has 0 aliphatic carbocycles. The SMILES string of the molecule is ClCCCc1nc(-c2ncccc2Br)no1. The first-order valence-electron chi connectivity index (χ1n) is 4.80. The Kier molecular flexibility index (Phi) is 3.90. The van der Waals surface area contributed by atoms with E-state index in [-0.39, 0.29) is 0 Å². The lowest BCUT2D eigenvalue weighted by molar-refractivity contribution is 0.378. The second-order valence-electron chi connectivity index (χ2n) is 3.14. The van der Waals surface area contributed by atoms with Crippen LogP contribution in [0.4, 0.5) is 0 Å². The van der Waals surface area contributed by atoms with Crippen LogP contribution < -0.4 is 0 Å². The predicted octanol–water partition coefficient (Wildman–Crippen LogP) is 3.07. The fraction of sp³-hybridized carbons (Fsp3) is 0.300. The normalized spacial score (nSPS) is 10.6. The number of halogens is 2. The van der Waals surface area contributed by atoms with Gasteiger partial charge in [-0.25, -0.2) is 0 Å². The summed E-state index contributed by atoms with van der Waals surface area (Å²) in [6, 6.07) is 3.72. The third kappa shape index (κ3) is 2.59. The van der Waals surface area contributed by atoms with E-state index in [4.69, 9.17) is 16.1 Å². The average molecular weight is 303 g/mol. The Labute approximate surface area is 106 Å². The van der Waals surface area contributed by atoms with Crippen molar-refractivity contribution in [3.05, 3.63) is 28.7 Å². The molecule has 0 amide bonds. The molecule has 2 rings (SSSR count). The van der Waals surface area contributed by atoms with Crippen molar-refractivity contribution in [2.24, 2.45) is 0 Å². The van der Waals surface area contributed by atoms with Gasteiger partial charge in [0.1, 0.15) is 5.69 Å². The minimum absolute atomic E-state index is 0.497. The zero-order valence-electron chi connectivity index (χ0n) is 8.36. The van der Waals surface area contributed by atoms with Gasteiger partial charge >= 0.3 is 0 Å². The summed E-state index contributed by atoms with van der Waals surface area (Å²) < 4.78 is 5.94. The molecule has 0 bridgehead atoms. The topological polar surface area (TPSA) is 51.8 Å². The van der Waals surface area contributed by atoms with E-state index in [1.54, 1.807) is 6.20 Å². The zero-order valence-corrected chi connectivity index (χ0v) is 10.7. The second-order valence-corrected chi connectivity index (χ2v) is 4.37. The maximum atomic E-state index is 5.59. The lowest BCUT2D eigenvalue weighted by Gasteiger charge is -1.95. The molecule has 0 aromatic carbocycles. The van der Waals surface area contributed by atoms with Crippen LogP contribution in [0.25, 0.3) is 11.5 Å². The summed E-state index contributed by atoms with van der Waals surface area (Å²) in [4.78, 5) is 8.43. The van der Waals surface area contributed by atoms with E-state index in [9.17, 15) is 0 Å². The molecule has 0 saturated heterocycles. The van der Waals surface area contributed by atoms with Crippen LogP contribution in [-0.4, -0.2) is 21.0 Å². The van der Waals surface area contributed by atoms with Gasteiger partial charge in [-0.2, -0.15) is 4.98 Å². The fourth-order valence-corrected chi connectivity index (χ4v) is 1.79. The average Bonchev–Trinajstić information content (AvgIpc) is 2.75. The van der Waals surface area contributed by atoms with Crippen LogP contribution in [0.2, 0.25) is 0 Å². The summed E-state index contributed by atoms with van der Waals surface area (Å²) in [5.41, 5.74) is 0.684. The van der Waals surface area contributed by atoms with Gasteiger partial charge in [0.2, 0.25) is 11.7 Å². The van der Waals surface area contributed by atoms with Gasteiger partial charge in [-0.1, -0.05) is 5.16 Å². The number of rotatable bonds is 4. The highest BCUT2D eigenvalue weighted by molar-refractivity contribution is 9.10. The Morgan fingerprint density at radius 3 is 3.06 bits per heavy atom. The molecule has 2 aromatic rings. The summed E-state index contributed by atoms with van der Waals surface area (Å²) in [5, 5.41) is 3.88. The molecule has 84 valence electrons. The van der Waals surface area contributed by atoms with Crippen molar-refractivity contribution in [1.29, 1.82) is 0 Å². The third-order valence-electron chi connectivity index (χ3n) is 1.96. The van der Waals surface area contributed by atoms with Crippen molar-refractivity contribution < 1.29 is 4.52 Å². The lowest BCUT2D eigenvalue weighted by atomic mass is 10.3. The van der Waals surface area contributed by atoms with Gasteiger partial charge in [0, 0.05) is 23.0 Å². The van der Waals surface area contributed by atoms with Gasteiger partial charge in [-0.15, -0.1) is 11.6 Å². The molecule has 4 nitrogen and oxygen atoms in total. The van der Waals surface area contributed by atoms with Crippen LogP contribution in [0.5, 0.6) is 0 Å². The summed E-state index contributed by atoms with van der Waals surface area (Å²) in [5.74, 6) is 1.68. The largest absolute Gasteiger partial charge is 0.339 e. The number of nitrogens with zero attached hydrogens (tertiary/aromatic N) is 3. The molecule has 2 heterocycles. The molecule has 0 radical (unpaired) electrons. The van der Waals surface area contributed by atoms with E-state index < -0.39 is 0 Å². The van der Waals surface area contributed by atoms with E-state index in [0.717, 1.165) is 10.9 Å². The number of hydrogen-bond donors (Lipinski definition) is 0. The van der Waals surface area contributed by atoms with Crippen molar-refractivity contribution >= 4 is 27.5 Å². The minimum atomic E-state index is 0.497. The molecular formula is C10H9BrClN3O. The summed E-state index contributed by atoms with van der Waals surface area (Å²) in [6.07, 6.45) is 3.21. The van der Waals surface area contributed by atoms with Crippen LogP contribution in [0.3, 0.4) is 0 Å². The molecule has 6 heteroatoms. The molecule has 0 aliphatic rings.